The van der Waals surface area contributed by atoms with Crippen LogP contribution in [-0.4, -0.2) is 19.9 Å². The zero-order chi connectivity index (χ0) is 20.1. The molecule has 0 atom stereocenters. The lowest BCUT2D eigenvalue weighted by molar-refractivity contribution is 0.590. The molecule has 0 amide bonds. The van der Waals surface area contributed by atoms with Crippen molar-refractivity contribution < 1.29 is 8.42 Å². The Balaban J connectivity index is 0.00000300. The largest absolute Gasteiger partial charge is 0.266 e. The van der Waals surface area contributed by atoms with E-state index in [1.165, 1.54) is 16.4 Å². The maximum Gasteiger partial charge on any atom is 0.264 e. The maximum atomic E-state index is 13.3. The lowest BCUT2D eigenvalue weighted by Gasteiger charge is -2.25. The number of anilines is 1. The molecular formula is C22H24Cl2N2O2S. The van der Waals surface area contributed by atoms with E-state index in [1.54, 1.807) is 18.3 Å². The van der Waals surface area contributed by atoms with Crippen LogP contribution in [0.4, 0.5) is 5.69 Å². The zero-order valence-corrected chi connectivity index (χ0v) is 18.7. The van der Waals surface area contributed by atoms with Crippen molar-refractivity contribution >= 4 is 39.7 Å². The minimum atomic E-state index is -3.73. The molecule has 154 valence electrons. The predicted octanol–water partition coefficient (Wildman–Crippen LogP) is 5.72. The average molecular weight is 451 g/mol. The van der Waals surface area contributed by atoms with Gasteiger partial charge < -0.3 is 0 Å². The van der Waals surface area contributed by atoms with Crippen LogP contribution in [0.25, 0.3) is 0 Å². The number of rotatable bonds is 7. The highest BCUT2D eigenvalue weighted by atomic mass is 35.5. The molecule has 3 aromatic rings. The molecular weight excluding hydrogens is 427 g/mol. The Labute approximate surface area is 184 Å². The van der Waals surface area contributed by atoms with Crippen LogP contribution in [0.1, 0.15) is 31.0 Å². The summed E-state index contributed by atoms with van der Waals surface area (Å²) in [6.07, 6.45) is 2.23. The summed E-state index contributed by atoms with van der Waals surface area (Å²) in [4.78, 5) is 4.52. The molecule has 2 aromatic carbocycles. The van der Waals surface area contributed by atoms with Gasteiger partial charge in [0.05, 0.1) is 10.6 Å². The van der Waals surface area contributed by atoms with Gasteiger partial charge >= 0.3 is 0 Å². The van der Waals surface area contributed by atoms with Crippen LogP contribution in [0.2, 0.25) is 5.02 Å². The molecule has 0 aliphatic carbocycles. The minimum absolute atomic E-state index is 0. The average Bonchev–Trinajstić information content (AvgIpc) is 2.69. The quantitative estimate of drug-likeness (QED) is 0.462. The monoisotopic (exact) mass is 450 g/mol. The fourth-order valence-corrected chi connectivity index (χ4v) is 4.50. The fourth-order valence-electron chi connectivity index (χ4n) is 2.91. The number of hydrogen-bond donors (Lipinski definition) is 0. The third-order valence-corrected chi connectivity index (χ3v) is 6.64. The summed E-state index contributed by atoms with van der Waals surface area (Å²) in [5.74, 6) is 0.379. The van der Waals surface area contributed by atoms with Crippen molar-refractivity contribution in [2.75, 3.05) is 10.8 Å². The van der Waals surface area contributed by atoms with E-state index >= 15 is 0 Å². The molecule has 1 heterocycles. The summed E-state index contributed by atoms with van der Waals surface area (Å²) in [5.41, 5.74) is 2.64. The van der Waals surface area contributed by atoms with E-state index < -0.39 is 10.0 Å². The van der Waals surface area contributed by atoms with Crippen LogP contribution in [0.3, 0.4) is 0 Å². The molecule has 0 saturated carbocycles. The minimum Gasteiger partial charge on any atom is -0.266 e. The summed E-state index contributed by atoms with van der Waals surface area (Å²) < 4.78 is 28.1. The number of pyridine rings is 1. The molecule has 0 unspecified atom stereocenters. The smallest absolute Gasteiger partial charge is 0.264 e. The van der Waals surface area contributed by atoms with Crippen molar-refractivity contribution in [1.29, 1.82) is 0 Å². The van der Waals surface area contributed by atoms with E-state index in [9.17, 15) is 8.42 Å². The third-order valence-electron chi connectivity index (χ3n) is 4.55. The van der Waals surface area contributed by atoms with Crippen LogP contribution < -0.4 is 4.31 Å². The molecule has 0 spiro atoms. The molecule has 3 rings (SSSR count). The van der Waals surface area contributed by atoms with E-state index in [1.807, 2.05) is 42.5 Å². The molecule has 0 saturated heterocycles. The first-order valence-corrected chi connectivity index (χ1v) is 11.0. The normalized spacial score (nSPS) is 11.2. The Morgan fingerprint density at radius 1 is 0.966 bits per heavy atom. The molecule has 29 heavy (non-hydrogen) atoms. The summed E-state index contributed by atoms with van der Waals surface area (Å²) in [5, 5.41) is 0.500. The van der Waals surface area contributed by atoms with Crippen LogP contribution in [-0.2, 0) is 16.4 Å². The number of aromatic nitrogens is 1. The Kier molecular flexibility index (Phi) is 8.08. The van der Waals surface area contributed by atoms with Gasteiger partial charge in [-0.15, -0.1) is 12.4 Å². The second-order valence-electron chi connectivity index (χ2n) is 6.85. The number of nitrogens with zero attached hydrogens (tertiary/aromatic N) is 2. The second-order valence-corrected chi connectivity index (χ2v) is 9.15. The highest BCUT2D eigenvalue weighted by Gasteiger charge is 2.25. The van der Waals surface area contributed by atoms with Gasteiger partial charge in [-0.05, 0) is 60.0 Å². The first-order chi connectivity index (χ1) is 13.4. The molecule has 1 aromatic heterocycles. The number of sulfonamides is 1. The molecule has 0 aliphatic rings. The van der Waals surface area contributed by atoms with E-state index in [-0.39, 0.29) is 17.3 Å². The van der Waals surface area contributed by atoms with E-state index in [0.717, 1.165) is 11.3 Å². The van der Waals surface area contributed by atoms with E-state index in [2.05, 4.69) is 18.8 Å². The molecule has 0 N–H and O–H groups in total. The first-order valence-electron chi connectivity index (χ1n) is 9.16. The van der Waals surface area contributed by atoms with Crippen molar-refractivity contribution in [3.8, 4) is 0 Å². The van der Waals surface area contributed by atoms with Crippen molar-refractivity contribution in [3.63, 3.8) is 0 Å². The maximum absolute atomic E-state index is 13.3. The molecule has 0 radical (unpaired) electrons. The Hall–Kier alpha value is -2.08. The molecule has 0 fully saturated rings. The highest BCUT2D eigenvalue weighted by Crippen LogP contribution is 2.27. The van der Waals surface area contributed by atoms with Crippen LogP contribution >= 0.6 is 24.0 Å². The molecule has 4 nitrogen and oxygen atoms in total. The van der Waals surface area contributed by atoms with Gasteiger partial charge in [-0.1, -0.05) is 43.6 Å². The van der Waals surface area contributed by atoms with Gasteiger partial charge in [-0.25, -0.2) is 8.42 Å². The van der Waals surface area contributed by atoms with Crippen molar-refractivity contribution in [1.82, 2.24) is 4.98 Å². The predicted molar refractivity (Wildman–Crippen MR) is 122 cm³/mol. The number of hydrogen-bond acceptors (Lipinski definition) is 3. The topological polar surface area (TPSA) is 50.3 Å². The fraction of sp³-hybridized carbons (Fsp3) is 0.227. The van der Waals surface area contributed by atoms with E-state index in [4.69, 9.17) is 11.6 Å². The van der Waals surface area contributed by atoms with Gasteiger partial charge in [0.25, 0.3) is 10.0 Å². The van der Waals surface area contributed by atoms with Gasteiger partial charge in [0.1, 0.15) is 0 Å². The van der Waals surface area contributed by atoms with Crippen LogP contribution in [0.15, 0.2) is 77.8 Å². The summed E-state index contributed by atoms with van der Waals surface area (Å²) in [6, 6.07) is 19.6. The van der Waals surface area contributed by atoms with Gasteiger partial charge in [0.2, 0.25) is 0 Å². The third kappa shape index (κ3) is 5.72. The summed E-state index contributed by atoms with van der Waals surface area (Å²) in [6.45, 7) is 4.51. The van der Waals surface area contributed by atoms with Gasteiger partial charge in [0.15, 0.2) is 0 Å². The zero-order valence-electron chi connectivity index (χ0n) is 16.3. The van der Waals surface area contributed by atoms with Crippen molar-refractivity contribution in [2.24, 2.45) is 0 Å². The Morgan fingerprint density at radius 2 is 1.62 bits per heavy atom. The summed E-state index contributed by atoms with van der Waals surface area (Å²) >= 11 is 5.93. The van der Waals surface area contributed by atoms with Gasteiger partial charge in [0, 0.05) is 29.9 Å². The summed E-state index contributed by atoms with van der Waals surface area (Å²) in [7, 11) is -3.73. The molecule has 0 aliphatic heterocycles. The highest BCUT2D eigenvalue weighted by molar-refractivity contribution is 7.92. The Bertz CT molecular complexity index is 1010. The first kappa shape index (κ1) is 23.2. The SMILES string of the molecule is CC(C)c1ccc(N(CCc2ccccn2)S(=O)(=O)c2ccc(Cl)cc2)cc1.Cl. The Morgan fingerprint density at radius 3 is 2.17 bits per heavy atom. The van der Waals surface area contributed by atoms with Crippen molar-refractivity contribution in [2.45, 2.75) is 31.1 Å². The van der Waals surface area contributed by atoms with Crippen LogP contribution in [0, 0.1) is 0 Å². The number of benzene rings is 2. The van der Waals surface area contributed by atoms with Gasteiger partial charge in [-0.2, -0.15) is 0 Å². The van der Waals surface area contributed by atoms with Crippen molar-refractivity contribution in [3.05, 3.63) is 89.2 Å². The standard InChI is InChI=1S/C22H23ClN2O2S.ClH/c1-17(2)18-6-10-21(11-7-18)25(16-14-20-5-3-4-15-24-20)28(26,27)22-12-8-19(23)9-13-22;/h3-13,15,17H,14,16H2,1-2H3;1H. The lowest BCUT2D eigenvalue weighted by Crippen LogP contribution is -2.33. The second kappa shape index (κ2) is 10.1. The van der Waals surface area contributed by atoms with E-state index in [0.29, 0.717) is 29.6 Å². The molecule has 0 bridgehead atoms. The van der Waals surface area contributed by atoms with Gasteiger partial charge in [-0.3, -0.25) is 9.29 Å². The lowest BCUT2D eigenvalue weighted by atomic mass is 10.0. The number of halogens is 2. The molecule has 7 heteroatoms. The van der Waals surface area contributed by atoms with Crippen LogP contribution in [0.5, 0.6) is 0 Å².